The molecular formula is C24H25ClN4O3S. The largest absolute Gasteiger partial charge is 0.353 e. The summed E-state index contributed by atoms with van der Waals surface area (Å²) in [5, 5.41) is 4.54. The van der Waals surface area contributed by atoms with Gasteiger partial charge in [0.05, 0.1) is 22.3 Å². The second kappa shape index (κ2) is 9.97. The van der Waals surface area contributed by atoms with Gasteiger partial charge in [-0.3, -0.25) is 19.0 Å². The Labute approximate surface area is 201 Å². The van der Waals surface area contributed by atoms with Crippen molar-refractivity contribution in [2.24, 2.45) is 0 Å². The summed E-state index contributed by atoms with van der Waals surface area (Å²) in [6.45, 7) is 4.71. The first-order chi connectivity index (χ1) is 15.8. The molecule has 0 atom stereocenters. The molecule has 0 spiro atoms. The van der Waals surface area contributed by atoms with Gasteiger partial charge in [-0.05, 0) is 49.6 Å². The van der Waals surface area contributed by atoms with E-state index in [0.717, 1.165) is 18.4 Å². The fourth-order valence-electron chi connectivity index (χ4n) is 4.00. The maximum Gasteiger partial charge on any atom is 0.266 e. The number of aromatic nitrogens is 2. The van der Waals surface area contributed by atoms with E-state index < -0.39 is 0 Å². The van der Waals surface area contributed by atoms with Crippen LogP contribution in [0, 0.1) is 6.92 Å². The summed E-state index contributed by atoms with van der Waals surface area (Å²) in [5.41, 5.74) is 1.79. The highest BCUT2D eigenvalue weighted by Crippen LogP contribution is 2.26. The van der Waals surface area contributed by atoms with Crippen LogP contribution in [0.2, 0.25) is 5.02 Å². The molecule has 3 aromatic rings. The molecule has 7 nitrogen and oxygen atoms in total. The minimum atomic E-state index is -0.203. The molecule has 9 heteroatoms. The zero-order valence-electron chi connectivity index (χ0n) is 18.5. The monoisotopic (exact) mass is 484 g/mol. The van der Waals surface area contributed by atoms with Gasteiger partial charge in [0.2, 0.25) is 11.8 Å². The molecule has 0 aliphatic carbocycles. The fourth-order valence-corrected chi connectivity index (χ4v) is 4.98. The van der Waals surface area contributed by atoms with Crippen molar-refractivity contribution < 1.29 is 9.59 Å². The van der Waals surface area contributed by atoms with E-state index in [1.165, 1.54) is 16.3 Å². The minimum absolute atomic E-state index is 0.0376. The second-order valence-corrected chi connectivity index (χ2v) is 9.42. The third-order valence-electron chi connectivity index (χ3n) is 5.86. The van der Waals surface area contributed by atoms with Crippen LogP contribution in [0.5, 0.6) is 0 Å². The normalized spacial score (nSPS) is 14.5. The van der Waals surface area contributed by atoms with Crippen molar-refractivity contribution in [2.45, 2.75) is 37.9 Å². The van der Waals surface area contributed by atoms with Gasteiger partial charge in [0.15, 0.2) is 5.16 Å². The average molecular weight is 485 g/mol. The first kappa shape index (κ1) is 23.3. The van der Waals surface area contributed by atoms with Gasteiger partial charge in [0, 0.05) is 31.1 Å². The minimum Gasteiger partial charge on any atom is -0.353 e. The summed E-state index contributed by atoms with van der Waals surface area (Å²) in [7, 11) is 0. The molecule has 1 fully saturated rings. The molecule has 1 N–H and O–H groups in total. The van der Waals surface area contributed by atoms with Crippen LogP contribution in [0.1, 0.15) is 25.3 Å². The van der Waals surface area contributed by atoms with Gasteiger partial charge in [0.1, 0.15) is 0 Å². The maximum atomic E-state index is 13.4. The summed E-state index contributed by atoms with van der Waals surface area (Å²) in [5.74, 6) is 0.0576. The number of benzene rings is 2. The Morgan fingerprint density at radius 2 is 1.88 bits per heavy atom. The zero-order chi connectivity index (χ0) is 23.5. The van der Waals surface area contributed by atoms with Crippen molar-refractivity contribution in [1.29, 1.82) is 0 Å². The molecule has 1 aromatic heterocycles. The summed E-state index contributed by atoms with van der Waals surface area (Å²) in [6, 6.07) is 12.6. The van der Waals surface area contributed by atoms with Gasteiger partial charge >= 0.3 is 0 Å². The molecule has 1 aliphatic heterocycles. The number of carbonyl (C=O) groups is 2. The average Bonchev–Trinajstić information content (AvgIpc) is 2.80. The molecule has 2 amide bonds. The first-order valence-electron chi connectivity index (χ1n) is 10.8. The molecule has 2 heterocycles. The summed E-state index contributed by atoms with van der Waals surface area (Å²) >= 11 is 7.54. The lowest BCUT2D eigenvalue weighted by atomic mass is 10.1. The molecule has 0 unspecified atom stereocenters. The number of hydrogen-bond donors (Lipinski definition) is 1. The molecule has 0 saturated carbocycles. The van der Waals surface area contributed by atoms with Gasteiger partial charge in [-0.15, -0.1) is 0 Å². The Balaban J connectivity index is 1.57. The topological polar surface area (TPSA) is 84.3 Å². The lowest BCUT2D eigenvalue weighted by Gasteiger charge is -2.31. The molecule has 4 rings (SSSR count). The molecular weight excluding hydrogens is 460 g/mol. The number of piperidine rings is 1. The van der Waals surface area contributed by atoms with Crippen LogP contribution >= 0.6 is 23.4 Å². The van der Waals surface area contributed by atoms with Crippen LogP contribution in [0.4, 0.5) is 0 Å². The highest BCUT2D eigenvalue weighted by Gasteiger charge is 2.23. The molecule has 1 aliphatic rings. The van der Waals surface area contributed by atoms with Crippen LogP contribution in [-0.2, 0) is 9.59 Å². The number of likely N-dealkylation sites (tertiary alicyclic amines) is 1. The number of amides is 2. The van der Waals surface area contributed by atoms with E-state index >= 15 is 0 Å². The quantitative estimate of drug-likeness (QED) is 0.442. The highest BCUT2D eigenvalue weighted by molar-refractivity contribution is 7.99. The van der Waals surface area contributed by atoms with Crippen molar-refractivity contribution in [3.05, 3.63) is 63.4 Å². The van der Waals surface area contributed by atoms with Crippen LogP contribution in [0.3, 0.4) is 0 Å². The van der Waals surface area contributed by atoms with Gasteiger partial charge in [-0.2, -0.15) is 0 Å². The number of halogens is 1. The highest BCUT2D eigenvalue weighted by atomic mass is 35.5. The first-order valence-corrected chi connectivity index (χ1v) is 12.2. The van der Waals surface area contributed by atoms with Crippen molar-refractivity contribution in [3.8, 4) is 5.69 Å². The molecule has 172 valence electrons. The van der Waals surface area contributed by atoms with Crippen molar-refractivity contribution in [2.75, 3.05) is 18.8 Å². The number of hydrogen-bond acceptors (Lipinski definition) is 5. The van der Waals surface area contributed by atoms with E-state index in [2.05, 4.69) is 10.3 Å². The third-order valence-corrected chi connectivity index (χ3v) is 7.21. The predicted octanol–water partition coefficient (Wildman–Crippen LogP) is 3.57. The number of nitrogens with zero attached hydrogens (tertiary/aromatic N) is 3. The number of rotatable bonds is 5. The fraction of sp³-hybridized carbons (Fsp3) is 0.333. The maximum absolute atomic E-state index is 13.4. The number of para-hydroxylation sites is 1. The summed E-state index contributed by atoms with van der Waals surface area (Å²) in [6.07, 6.45) is 1.47. The second-order valence-electron chi connectivity index (χ2n) is 8.07. The van der Waals surface area contributed by atoms with E-state index in [-0.39, 0.29) is 29.2 Å². The Kier molecular flexibility index (Phi) is 7.05. The smallest absolute Gasteiger partial charge is 0.266 e. The van der Waals surface area contributed by atoms with Crippen molar-refractivity contribution in [1.82, 2.24) is 19.8 Å². The molecule has 0 bridgehead atoms. The van der Waals surface area contributed by atoms with Crippen LogP contribution in [0.15, 0.2) is 52.4 Å². The van der Waals surface area contributed by atoms with E-state index in [4.69, 9.17) is 11.6 Å². The van der Waals surface area contributed by atoms with Crippen LogP contribution in [-0.4, -0.2) is 51.1 Å². The number of thioether (sulfide) groups is 1. The Hall–Kier alpha value is -2.84. The van der Waals surface area contributed by atoms with Crippen LogP contribution in [0.25, 0.3) is 16.6 Å². The van der Waals surface area contributed by atoms with Gasteiger partial charge in [-0.25, -0.2) is 4.98 Å². The number of fused-ring (bicyclic) bond motifs is 1. The summed E-state index contributed by atoms with van der Waals surface area (Å²) < 4.78 is 1.53. The number of nitrogens with one attached hydrogen (secondary N) is 1. The third kappa shape index (κ3) is 5.07. The molecule has 2 aromatic carbocycles. The summed E-state index contributed by atoms with van der Waals surface area (Å²) in [4.78, 5) is 44.0. The Morgan fingerprint density at radius 3 is 2.61 bits per heavy atom. The molecule has 1 saturated heterocycles. The number of carbonyl (C=O) groups excluding carboxylic acids is 2. The molecule has 33 heavy (non-hydrogen) atoms. The lowest BCUT2D eigenvalue weighted by Crippen LogP contribution is -2.46. The SMILES string of the molecule is CC(=O)N1CCC(NC(=O)CSc2nc3ccccc3c(=O)n2-c2cccc(Cl)c2C)CC1. The van der Waals surface area contributed by atoms with Crippen molar-refractivity contribution in [3.63, 3.8) is 0 Å². The Morgan fingerprint density at radius 1 is 1.15 bits per heavy atom. The standard InChI is InChI=1S/C24H25ClN4O3S/c1-15-19(25)7-5-9-21(15)29-23(32)18-6-3-4-8-20(18)27-24(29)33-14-22(31)26-17-10-12-28(13-11-17)16(2)30/h3-9,17H,10-14H2,1-2H3,(H,26,31). The lowest BCUT2D eigenvalue weighted by molar-refractivity contribution is -0.130. The van der Waals surface area contributed by atoms with Crippen molar-refractivity contribution >= 4 is 46.1 Å². The zero-order valence-corrected chi connectivity index (χ0v) is 20.1. The van der Waals surface area contributed by atoms with Gasteiger partial charge < -0.3 is 10.2 Å². The predicted molar refractivity (Wildman–Crippen MR) is 131 cm³/mol. The van der Waals surface area contributed by atoms with E-state index in [1.807, 2.05) is 19.1 Å². The van der Waals surface area contributed by atoms with Crippen LogP contribution < -0.4 is 10.9 Å². The van der Waals surface area contributed by atoms with E-state index in [0.29, 0.717) is 39.9 Å². The Bertz CT molecular complexity index is 1270. The molecule has 0 radical (unpaired) electrons. The van der Waals surface area contributed by atoms with Gasteiger partial charge in [0.25, 0.3) is 5.56 Å². The van der Waals surface area contributed by atoms with E-state index in [9.17, 15) is 14.4 Å². The van der Waals surface area contributed by atoms with E-state index in [1.54, 1.807) is 42.2 Å². The van der Waals surface area contributed by atoms with Gasteiger partial charge in [-0.1, -0.05) is 41.6 Å².